The van der Waals surface area contributed by atoms with E-state index < -0.39 is 17.8 Å². The SMILES string of the molecule is COc1cc(OCc2c(F)cccc2F)c2nc(C)c(OC(=O)O)n2c1. The Morgan fingerprint density at radius 1 is 1.31 bits per heavy atom. The van der Waals surface area contributed by atoms with Crippen LogP contribution in [0, 0.1) is 18.6 Å². The summed E-state index contributed by atoms with van der Waals surface area (Å²) in [6.07, 6.45) is -0.0435. The number of aryl methyl sites for hydroxylation is 1. The Morgan fingerprint density at radius 3 is 2.62 bits per heavy atom. The predicted octanol–water partition coefficient (Wildman–Crippen LogP) is 3.57. The number of hydrogen-bond donors (Lipinski definition) is 1. The third kappa shape index (κ3) is 3.23. The van der Waals surface area contributed by atoms with Gasteiger partial charge in [-0.05, 0) is 19.1 Å². The second-order valence-electron chi connectivity index (χ2n) is 5.30. The second kappa shape index (κ2) is 6.87. The standard InChI is InChI=1S/C17H14F2N2O5/c1-9-16(26-17(22)23)21-7-10(24-2)6-14(15(21)20-9)25-8-11-12(18)4-3-5-13(11)19/h3-7H,8H2,1-2H3,(H,22,23). The number of hydrogen-bond acceptors (Lipinski definition) is 5. The first kappa shape index (κ1) is 17.5. The molecule has 0 saturated heterocycles. The molecule has 9 heteroatoms. The summed E-state index contributed by atoms with van der Waals surface area (Å²) in [5.41, 5.74) is 0.276. The Hall–Kier alpha value is -3.36. The van der Waals surface area contributed by atoms with Crippen molar-refractivity contribution in [2.24, 2.45) is 0 Å². The molecule has 136 valence electrons. The van der Waals surface area contributed by atoms with E-state index in [9.17, 15) is 13.6 Å². The van der Waals surface area contributed by atoms with Crippen LogP contribution in [0.1, 0.15) is 11.3 Å². The quantitative estimate of drug-likeness (QED) is 0.697. The molecule has 0 radical (unpaired) electrons. The van der Waals surface area contributed by atoms with Crippen LogP contribution in [0.2, 0.25) is 0 Å². The highest BCUT2D eigenvalue weighted by atomic mass is 19.1. The molecule has 0 fully saturated rings. The van der Waals surface area contributed by atoms with E-state index in [1.807, 2.05) is 0 Å². The number of methoxy groups -OCH3 is 1. The molecule has 0 aliphatic carbocycles. The lowest BCUT2D eigenvalue weighted by atomic mass is 10.2. The first-order valence-electron chi connectivity index (χ1n) is 7.44. The van der Waals surface area contributed by atoms with Gasteiger partial charge in [0, 0.05) is 6.07 Å². The highest BCUT2D eigenvalue weighted by Gasteiger charge is 2.19. The third-order valence-electron chi connectivity index (χ3n) is 3.63. The van der Waals surface area contributed by atoms with Crippen LogP contribution in [0.4, 0.5) is 13.6 Å². The van der Waals surface area contributed by atoms with Gasteiger partial charge < -0.3 is 19.3 Å². The lowest BCUT2D eigenvalue weighted by molar-refractivity contribution is 0.141. The van der Waals surface area contributed by atoms with Crippen LogP contribution in [0.3, 0.4) is 0 Å². The van der Waals surface area contributed by atoms with Gasteiger partial charge in [0.2, 0.25) is 5.88 Å². The monoisotopic (exact) mass is 364 g/mol. The fourth-order valence-corrected chi connectivity index (χ4v) is 2.43. The zero-order valence-electron chi connectivity index (χ0n) is 13.8. The summed E-state index contributed by atoms with van der Waals surface area (Å²) in [7, 11) is 1.41. The average Bonchev–Trinajstić information content (AvgIpc) is 2.89. The number of carbonyl (C=O) groups is 1. The highest BCUT2D eigenvalue weighted by Crippen LogP contribution is 2.31. The molecule has 0 aliphatic heterocycles. The van der Waals surface area contributed by atoms with Gasteiger partial charge in [-0.1, -0.05) is 6.07 Å². The fourth-order valence-electron chi connectivity index (χ4n) is 2.43. The number of nitrogens with zero attached hydrogens (tertiary/aromatic N) is 2. The maximum absolute atomic E-state index is 13.8. The van der Waals surface area contributed by atoms with E-state index in [1.54, 1.807) is 6.92 Å². The molecule has 0 atom stereocenters. The van der Waals surface area contributed by atoms with Crippen LogP contribution in [-0.2, 0) is 6.61 Å². The number of carboxylic acid groups (broad SMARTS) is 1. The Morgan fingerprint density at radius 2 is 2.00 bits per heavy atom. The van der Waals surface area contributed by atoms with E-state index >= 15 is 0 Å². The van der Waals surface area contributed by atoms with Crippen molar-refractivity contribution in [1.29, 1.82) is 0 Å². The molecule has 2 aromatic heterocycles. The van der Waals surface area contributed by atoms with Crippen LogP contribution < -0.4 is 14.2 Å². The second-order valence-corrected chi connectivity index (χ2v) is 5.30. The normalized spacial score (nSPS) is 10.8. The largest absolute Gasteiger partial charge is 0.512 e. The lowest BCUT2D eigenvalue weighted by Crippen LogP contribution is -2.07. The fraction of sp³-hybridized carbons (Fsp3) is 0.176. The molecule has 26 heavy (non-hydrogen) atoms. The summed E-state index contributed by atoms with van der Waals surface area (Å²) < 4.78 is 44.3. The molecule has 3 aromatic rings. The molecule has 7 nitrogen and oxygen atoms in total. The van der Waals surface area contributed by atoms with Gasteiger partial charge in [0.1, 0.15) is 29.7 Å². The smallest absolute Gasteiger partial charge is 0.495 e. The van der Waals surface area contributed by atoms with Crippen LogP contribution >= 0.6 is 0 Å². The minimum absolute atomic E-state index is 0.0340. The van der Waals surface area contributed by atoms with E-state index in [1.165, 1.54) is 29.8 Å². The lowest BCUT2D eigenvalue weighted by Gasteiger charge is -2.11. The van der Waals surface area contributed by atoms with Gasteiger partial charge in [-0.2, -0.15) is 0 Å². The zero-order valence-corrected chi connectivity index (χ0v) is 13.8. The van der Waals surface area contributed by atoms with Gasteiger partial charge in [-0.15, -0.1) is 0 Å². The molecule has 3 rings (SSSR count). The van der Waals surface area contributed by atoms with Crippen molar-refractivity contribution in [2.45, 2.75) is 13.5 Å². The van der Waals surface area contributed by atoms with Crippen molar-refractivity contribution in [2.75, 3.05) is 7.11 Å². The van der Waals surface area contributed by atoms with E-state index in [2.05, 4.69) is 4.98 Å². The summed E-state index contributed by atoms with van der Waals surface area (Å²) in [5.74, 6) is -1.05. The molecule has 1 N–H and O–H groups in total. The Kier molecular flexibility index (Phi) is 4.61. The van der Waals surface area contributed by atoms with Crippen LogP contribution in [0.25, 0.3) is 5.65 Å². The molecular formula is C17H14F2N2O5. The Labute approximate surface area is 146 Å². The van der Waals surface area contributed by atoms with Gasteiger partial charge in [0.05, 0.1) is 18.9 Å². The zero-order chi connectivity index (χ0) is 18.8. The number of ether oxygens (including phenoxy) is 3. The number of imidazole rings is 1. The third-order valence-corrected chi connectivity index (χ3v) is 3.63. The first-order valence-corrected chi connectivity index (χ1v) is 7.44. The maximum atomic E-state index is 13.8. The molecule has 0 unspecified atom stereocenters. The van der Waals surface area contributed by atoms with E-state index in [0.717, 1.165) is 12.1 Å². The summed E-state index contributed by atoms with van der Waals surface area (Å²) >= 11 is 0. The molecular weight excluding hydrogens is 350 g/mol. The van der Waals surface area contributed by atoms with Crippen LogP contribution in [-0.4, -0.2) is 27.8 Å². The molecule has 1 aromatic carbocycles. The molecule has 2 heterocycles. The van der Waals surface area contributed by atoms with Gasteiger partial charge in [-0.3, -0.25) is 4.40 Å². The molecule has 0 spiro atoms. The van der Waals surface area contributed by atoms with Crippen LogP contribution in [0.15, 0.2) is 30.5 Å². The van der Waals surface area contributed by atoms with E-state index in [0.29, 0.717) is 11.4 Å². The minimum Gasteiger partial charge on any atom is -0.495 e. The van der Waals surface area contributed by atoms with Gasteiger partial charge >= 0.3 is 6.16 Å². The first-order chi connectivity index (χ1) is 12.4. The van der Waals surface area contributed by atoms with Crippen LogP contribution in [0.5, 0.6) is 17.4 Å². The highest BCUT2D eigenvalue weighted by molar-refractivity contribution is 5.65. The number of fused-ring (bicyclic) bond motifs is 1. The molecule has 0 aliphatic rings. The molecule has 0 saturated carbocycles. The Bertz CT molecular complexity index is 967. The van der Waals surface area contributed by atoms with Crippen molar-refractivity contribution in [3.05, 3.63) is 53.4 Å². The van der Waals surface area contributed by atoms with Gasteiger partial charge in [0.25, 0.3) is 0 Å². The number of benzene rings is 1. The molecule has 0 amide bonds. The maximum Gasteiger partial charge on any atom is 0.512 e. The van der Waals surface area contributed by atoms with E-state index in [-0.39, 0.29) is 29.4 Å². The van der Waals surface area contributed by atoms with Crippen molar-refractivity contribution in [1.82, 2.24) is 9.38 Å². The Balaban J connectivity index is 2.03. The van der Waals surface area contributed by atoms with Crippen molar-refractivity contribution in [3.8, 4) is 17.4 Å². The summed E-state index contributed by atoms with van der Waals surface area (Å²) in [4.78, 5) is 15.1. The average molecular weight is 364 g/mol. The number of aromatic nitrogens is 2. The number of rotatable bonds is 5. The van der Waals surface area contributed by atoms with E-state index in [4.69, 9.17) is 19.3 Å². The summed E-state index contributed by atoms with van der Waals surface area (Å²) in [6.45, 7) is 1.17. The van der Waals surface area contributed by atoms with Crippen molar-refractivity contribution in [3.63, 3.8) is 0 Å². The van der Waals surface area contributed by atoms with Crippen molar-refractivity contribution < 1.29 is 32.9 Å². The number of pyridine rings is 1. The van der Waals surface area contributed by atoms with Crippen molar-refractivity contribution >= 4 is 11.8 Å². The number of halogens is 2. The van der Waals surface area contributed by atoms with Gasteiger partial charge in [0.15, 0.2) is 11.4 Å². The van der Waals surface area contributed by atoms with Gasteiger partial charge in [-0.25, -0.2) is 18.6 Å². The predicted molar refractivity (Wildman–Crippen MR) is 85.8 cm³/mol. The minimum atomic E-state index is -1.51. The summed E-state index contributed by atoms with van der Waals surface area (Å²) in [6, 6.07) is 4.99. The molecule has 0 bridgehead atoms. The summed E-state index contributed by atoms with van der Waals surface area (Å²) in [5, 5.41) is 8.87. The topological polar surface area (TPSA) is 82.3 Å².